The fourth-order valence-electron chi connectivity index (χ4n) is 3.88. The van der Waals surface area contributed by atoms with Gasteiger partial charge in [0.2, 0.25) is 0 Å². The van der Waals surface area contributed by atoms with Gasteiger partial charge in [0.05, 0.1) is 31.4 Å². The van der Waals surface area contributed by atoms with Gasteiger partial charge in [-0.3, -0.25) is 14.5 Å². The van der Waals surface area contributed by atoms with E-state index in [0.717, 1.165) is 60.3 Å². The molecule has 0 N–H and O–H groups in total. The first-order chi connectivity index (χ1) is 15.0. The molecule has 2 aliphatic rings. The van der Waals surface area contributed by atoms with E-state index in [4.69, 9.17) is 9.47 Å². The zero-order valence-electron chi connectivity index (χ0n) is 18.0. The lowest BCUT2D eigenvalue weighted by molar-refractivity contribution is -0.123. The molecule has 2 fully saturated rings. The van der Waals surface area contributed by atoms with Crippen LogP contribution in [-0.2, 0) is 11.3 Å². The topological polar surface area (TPSA) is 59.1 Å². The zero-order valence-corrected chi connectivity index (χ0v) is 18.8. The Balaban J connectivity index is 1.62. The van der Waals surface area contributed by atoms with Gasteiger partial charge >= 0.3 is 0 Å². The van der Waals surface area contributed by atoms with E-state index >= 15 is 0 Å². The summed E-state index contributed by atoms with van der Waals surface area (Å²) in [6, 6.07) is 11.7. The molecular formula is C24H26N2O4S. The molecule has 6 nitrogen and oxygen atoms in total. The predicted molar refractivity (Wildman–Crippen MR) is 124 cm³/mol. The van der Waals surface area contributed by atoms with Crippen molar-refractivity contribution >= 4 is 34.7 Å². The third-order valence-electron chi connectivity index (χ3n) is 5.60. The Kier molecular flexibility index (Phi) is 6.23. The van der Waals surface area contributed by atoms with Crippen molar-refractivity contribution in [2.45, 2.75) is 26.3 Å². The SMILES string of the molecule is COc1cc(N2CCCC2)c(OC)cc1/C=C1/SC(=O)N(Cc2ccc(C)cc2)C1=O. The molecule has 2 heterocycles. The maximum absolute atomic E-state index is 13.0. The third-order valence-corrected chi connectivity index (χ3v) is 6.51. The summed E-state index contributed by atoms with van der Waals surface area (Å²) in [5.74, 6) is 1.08. The predicted octanol–water partition coefficient (Wildman–Crippen LogP) is 4.85. The Morgan fingerprint density at radius 3 is 2.32 bits per heavy atom. The van der Waals surface area contributed by atoms with Crippen LogP contribution in [0.1, 0.15) is 29.5 Å². The highest BCUT2D eigenvalue weighted by Crippen LogP contribution is 2.40. The lowest BCUT2D eigenvalue weighted by atomic mass is 10.1. The second kappa shape index (κ2) is 9.06. The van der Waals surface area contributed by atoms with Crippen LogP contribution in [0.2, 0.25) is 0 Å². The maximum Gasteiger partial charge on any atom is 0.293 e. The Labute approximate surface area is 186 Å². The highest BCUT2D eigenvalue weighted by Gasteiger charge is 2.35. The number of thioether (sulfide) groups is 1. The van der Waals surface area contributed by atoms with E-state index in [9.17, 15) is 9.59 Å². The Bertz CT molecular complexity index is 1030. The van der Waals surface area contributed by atoms with Crippen molar-refractivity contribution < 1.29 is 19.1 Å². The van der Waals surface area contributed by atoms with Gasteiger partial charge in [-0.15, -0.1) is 0 Å². The minimum Gasteiger partial charge on any atom is -0.496 e. The summed E-state index contributed by atoms with van der Waals surface area (Å²) in [5, 5.41) is -0.267. The van der Waals surface area contributed by atoms with Crippen molar-refractivity contribution in [2.75, 3.05) is 32.2 Å². The summed E-state index contributed by atoms with van der Waals surface area (Å²) in [4.78, 5) is 29.4. The minimum absolute atomic E-state index is 0.261. The highest BCUT2D eigenvalue weighted by molar-refractivity contribution is 8.18. The second-order valence-corrected chi connectivity index (χ2v) is 8.71. The molecule has 4 rings (SSSR count). The van der Waals surface area contributed by atoms with Crippen LogP contribution in [0.25, 0.3) is 6.08 Å². The van der Waals surface area contributed by atoms with Gasteiger partial charge in [0, 0.05) is 24.7 Å². The van der Waals surface area contributed by atoms with Crippen LogP contribution in [0.3, 0.4) is 0 Å². The second-order valence-electron chi connectivity index (χ2n) is 7.71. The number of methoxy groups -OCH3 is 2. The number of carbonyl (C=O) groups excluding carboxylic acids is 2. The first-order valence-electron chi connectivity index (χ1n) is 10.3. The fraction of sp³-hybridized carbons (Fsp3) is 0.333. The molecule has 0 spiro atoms. The van der Waals surface area contributed by atoms with Gasteiger partial charge in [-0.25, -0.2) is 0 Å². The molecule has 2 amide bonds. The number of hydrogen-bond acceptors (Lipinski definition) is 6. The highest BCUT2D eigenvalue weighted by atomic mass is 32.2. The largest absolute Gasteiger partial charge is 0.496 e. The average Bonchev–Trinajstić information content (AvgIpc) is 3.39. The molecule has 0 unspecified atom stereocenters. The number of nitrogens with zero attached hydrogens (tertiary/aromatic N) is 2. The van der Waals surface area contributed by atoms with Crippen molar-refractivity contribution in [3.63, 3.8) is 0 Å². The summed E-state index contributed by atoms with van der Waals surface area (Å²) in [5.41, 5.74) is 3.75. The van der Waals surface area contributed by atoms with Crippen molar-refractivity contribution in [3.8, 4) is 11.5 Å². The van der Waals surface area contributed by atoms with Crippen LogP contribution < -0.4 is 14.4 Å². The Morgan fingerprint density at radius 1 is 1.00 bits per heavy atom. The summed E-state index contributed by atoms with van der Waals surface area (Å²) in [7, 11) is 3.25. The average molecular weight is 439 g/mol. The van der Waals surface area contributed by atoms with E-state index in [1.807, 2.05) is 43.3 Å². The van der Waals surface area contributed by atoms with Gasteiger partial charge in [-0.1, -0.05) is 29.8 Å². The van der Waals surface area contributed by atoms with Crippen LogP contribution in [-0.4, -0.2) is 43.4 Å². The minimum atomic E-state index is -0.291. The molecule has 2 aliphatic heterocycles. The number of rotatable bonds is 6. The third kappa shape index (κ3) is 4.42. The molecule has 7 heteroatoms. The van der Waals surface area contributed by atoms with Crippen LogP contribution >= 0.6 is 11.8 Å². The van der Waals surface area contributed by atoms with E-state index in [1.165, 1.54) is 4.90 Å². The smallest absolute Gasteiger partial charge is 0.293 e. The molecule has 0 bridgehead atoms. The number of carbonyl (C=O) groups is 2. The van der Waals surface area contributed by atoms with E-state index < -0.39 is 0 Å². The van der Waals surface area contributed by atoms with Gasteiger partial charge in [0.1, 0.15) is 11.5 Å². The monoisotopic (exact) mass is 438 g/mol. The number of hydrogen-bond donors (Lipinski definition) is 0. The lowest BCUT2D eigenvalue weighted by Crippen LogP contribution is -2.27. The molecular weight excluding hydrogens is 412 g/mol. The number of benzene rings is 2. The molecule has 2 aromatic rings. The number of imide groups is 1. The normalized spacial score (nSPS) is 17.7. The Morgan fingerprint density at radius 2 is 1.68 bits per heavy atom. The van der Waals surface area contributed by atoms with Crippen molar-refractivity contribution in [2.24, 2.45) is 0 Å². The molecule has 0 radical (unpaired) electrons. The molecule has 2 aromatic carbocycles. The summed E-state index contributed by atoms with van der Waals surface area (Å²) in [6.07, 6.45) is 4.03. The number of anilines is 1. The molecule has 31 heavy (non-hydrogen) atoms. The van der Waals surface area contributed by atoms with E-state index in [0.29, 0.717) is 16.2 Å². The number of amides is 2. The standard InChI is InChI=1S/C24H26N2O4S/c1-16-6-8-17(9-7-16)15-26-23(27)22(31-24(26)28)13-18-12-21(30-3)19(14-20(18)29-2)25-10-4-5-11-25/h6-9,12-14H,4-5,10-11,15H2,1-3H3/b22-13+. The van der Waals surface area contributed by atoms with E-state index in [-0.39, 0.29) is 17.7 Å². The van der Waals surface area contributed by atoms with Crippen LogP contribution in [0.15, 0.2) is 41.3 Å². The molecule has 0 aromatic heterocycles. The Hall–Kier alpha value is -2.93. The summed E-state index contributed by atoms with van der Waals surface area (Å²) < 4.78 is 11.2. The summed E-state index contributed by atoms with van der Waals surface area (Å²) >= 11 is 0.953. The van der Waals surface area contributed by atoms with Crippen LogP contribution in [0.4, 0.5) is 10.5 Å². The van der Waals surface area contributed by atoms with E-state index in [2.05, 4.69) is 4.90 Å². The molecule has 0 atom stereocenters. The molecule has 2 saturated heterocycles. The van der Waals surface area contributed by atoms with Crippen LogP contribution in [0, 0.1) is 6.92 Å². The lowest BCUT2D eigenvalue weighted by Gasteiger charge is -2.22. The van der Waals surface area contributed by atoms with Gasteiger partial charge in [0.15, 0.2) is 0 Å². The van der Waals surface area contributed by atoms with Crippen LogP contribution in [0.5, 0.6) is 11.5 Å². The van der Waals surface area contributed by atoms with Gasteiger partial charge in [-0.05, 0) is 49.2 Å². The van der Waals surface area contributed by atoms with E-state index in [1.54, 1.807) is 20.3 Å². The number of ether oxygens (including phenoxy) is 2. The molecule has 0 aliphatic carbocycles. The van der Waals surface area contributed by atoms with Gasteiger partial charge < -0.3 is 14.4 Å². The first kappa shape index (κ1) is 21.3. The summed E-state index contributed by atoms with van der Waals surface area (Å²) in [6.45, 7) is 4.23. The molecule has 162 valence electrons. The number of aryl methyl sites for hydroxylation is 1. The quantitative estimate of drug-likeness (QED) is 0.601. The molecule has 0 saturated carbocycles. The van der Waals surface area contributed by atoms with Gasteiger partial charge in [-0.2, -0.15) is 0 Å². The van der Waals surface area contributed by atoms with Gasteiger partial charge in [0.25, 0.3) is 11.1 Å². The fourth-order valence-corrected chi connectivity index (χ4v) is 4.71. The first-order valence-corrected chi connectivity index (χ1v) is 11.1. The van der Waals surface area contributed by atoms with Crippen molar-refractivity contribution in [1.82, 2.24) is 4.90 Å². The maximum atomic E-state index is 13.0. The van der Waals surface area contributed by atoms with Crippen molar-refractivity contribution in [1.29, 1.82) is 0 Å². The zero-order chi connectivity index (χ0) is 22.0. The van der Waals surface area contributed by atoms with Crippen molar-refractivity contribution in [3.05, 3.63) is 58.0 Å².